The van der Waals surface area contributed by atoms with E-state index in [0.717, 1.165) is 23.3 Å². The Balaban J connectivity index is 2.45. The molecule has 0 saturated heterocycles. The minimum Gasteiger partial charge on any atom is -0.252 e. The molecule has 2 heterocycles. The molecule has 0 saturated carbocycles. The van der Waals surface area contributed by atoms with E-state index in [-0.39, 0.29) is 0 Å². The highest BCUT2D eigenvalue weighted by atomic mass is 35.5. The fourth-order valence-electron chi connectivity index (χ4n) is 1.32. The van der Waals surface area contributed by atoms with Crippen molar-refractivity contribution in [3.8, 4) is 10.7 Å². The minimum atomic E-state index is 0.435. The fourth-order valence-corrected chi connectivity index (χ4v) is 2.45. The van der Waals surface area contributed by atoms with Crippen LogP contribution in [0.5, 0.6) is 0 Å². The average Bonchev–Trinajstić information content (AvgIpc) is 2.76. The molecule has 6 heteroatoms. The molecule has 0 aliphatic rings. The molecule has 0 atom stereocenters. The van der Waals surface area contributed by atoms with Crippen LogP contribution in [-0.2, 0) is 6.42 Å². The number of rotatable bonds is 3. The molecule has 2 rings (SSSR count). The van der Waals surface area contributed by atoms with Crippen LogP contribution < -0.4 is 0 Å². The van der Waals surface area contributed by atoms with Gasteiger partial charge in [-0.1, -0.05) is 36.5 Å². The summed E-state index contributed by atoms with van der Waals surface area (Å²) in [5.74, 6) is 0.539. The molecule has 2 aromatic rings. The van der Waals surface area contributed by atoms with Gasteiger partial charge in [-0.25, -0.2) is 9.97 Å². The second-order valence-corrected chi connectivity index (χ2v) is 4.83. The lowest BCUT2D eigenvalue weighted by Crippen LogP contribution is -1.96. The maximum absolute atomic E-state index is 6.08. The highest BCUT2D eigenvalue weighted by Gasteiger charge is 2.12. The topological polar surface area (TPSA) is 38.7 Å². The van der Waals surface area contributed by atoms with E-state index in [9.17, 15) is 0 Å². The molecule has 2 aromatic heterocycles. The molecule has 0 unspecified atom stereocenters. The van der Waals surface area contributed by atoms with Crippen molar-refractivity contribution in [1.29, 1.82) is 0 Å². The Bertz CT molecular complexity index is 462. The van der Waals surface area contributed by atoms with Gasteiger partial charge in [-0.2, -0.15) is 0 Å². The summed E-state index contributed by atoms with van der Waals surface area (Å²) in [4.78, 5) is 13.3. The van der Waals surface area contributed by atoms with E-state index in [0.29, 0.717) is 16.1 Å². The third-order valence-electron chi connectivity index (χ3n) is 2.06. The van der Waals surface area contributed by atoms with E-state index in [1.54, 1.807) is 11.7 Å². The Kier molecular flexibility index (Phi) is 3.74. The van der Waals surface area contributed by atoms with Crippen molar-refractivity contribution in [2.24, 2.45) is 0 Å². The molecule has 0 aliphatic heterocycles. The number of hydrogen-bond acceptors (Lipinski definition) is 4. The molecular formula is C10H9Cl2N3S. The number of thiazole rings is 1. The fraction of sp³-hybridized carbons (Fsp3) is 0.300. The molecule has 0 spiro atoms. The van der Waals surface area contributed by atoms with Crippen molar-refractivity contribution >= 4 is 34.5 Å². The standard InChI is InChI=1S/C10H9Cl2N3S/c1-2-3-6-8(11)14-10(15-9(6)12)7-4-13-5-16-7/h4-5H,2-3H2,1H3. The first kappa shape index (κ1) is 11.8. The van der Waals surface area contributed by atoms with Crippen LogP contribution in [0.15, 0.2) is 11.7 Å². The number of halogens is 2. The molecule has 0 fully saturated rings. The number of nitrogens with zero attached hydrogens (tertiary/aromatic N) is 3. The zero-order valence-electron chi connectivity index (χ0n) is 8.57. The average molecular weight is 274 g/mol. The van der Waals surface area contributed by atoms with E-state index in [4.69, 9.17) is 23.2 Å². The van der Waals surface area contributed by atoms with Gasteiger partial charge in [0.2, 0.25) is 0 Å². The van der Waals surface area contributed by atoms with Crippen LogP contribution in [0.2, 0.25) is 10.3 Å². The first-order chi connectivity index (χ1) is 7.72. The maximum atomic E-state index is 6.08. The van der Waals surface area contributed by atoms with Crippen LogP contribution in [0, 0.1) is 0 Å². The molecule has 16 heavy (non-hydrogen) atoms. The molecule has 0 amide bonds. The van der Waals surface area contributed by atoms with Gasteiger partial charge in [0.1, 0.15) is 10.3 Å². The van der Waals surface area contributed by atoms with Crippen LogP contribution in [-0.4, -0.2) is 15.0 Å². The summed E-state index contributed by atoms with van der Waals surface area (Å²) in [6.45, 7) is 2.06. The second kappa shape index (κ2) is 5.08. The van der Waals surface area contributed by atoms with Crippen LogP contribution in [0.25, 0.3) is 10.7 Å². The van der Waals surface area contributed by atoms with Gasteiger partial charge in [0.15, 0.2) is 5.82 Å². The maximum Gasteiger partial charge on any atom is 0.174 e. The van der Waals surface area contributed by atoms with Gasteiger partial charge in [-0.15, -0.1) is 11.3 Å². The van der Waals surface area contributed by atoms with Crippen LogP contribution in [0.4, 0.5) is 0 Å². The molecule has 0 aromatic carbocycles. The van der Waals surface area contributed by atoms with Gasteiger partial charge in [0.25, 0.3) is 0 Å². The summed E-state index contributed by atoms with van der Waals surface area (Å²) in [6, 6.07) is 0. The summed E-state index contributed by atoms with van der Waals surface area (Å²) in [5, 5.41) is 0.871. The van der Waals surface area contributed by atoms with E-state index in [1.807, 2.05) is 0 Å². The first-order valence-electron chi connectivity index (χ1n) is 4.83. The van der Waals surface area contributed by atoms with Crippen LogP contribution in [0.3, 0.4) is 0 Å². The summed E-state index contributed by atoms with van der Waals surface area (Å²) in [6.07, 6.45) is 3.45. The highest BCUT2D eigenvalue weighted by molar-refractivity contribution is 7.13. The Labute approximate surface area is 107 Å². The molecule has 3 nitrogen and oxygen atoms in total. The normalized spacial score (nSPS) is 10.7. The summed E-state index contributed by atoms with van der Waals surface area (Å²) in [5.41, 5.74) is 2.54. The van der Waals surface area contributed by atoms with Gasteiger partial charge in [0, 0.05) is 11.8 Å². The predicted octanol–water partition coefficient (Wildman–Crippen LogP) is 3.86. The molecule has 0 radical (unpaired) electrons. The van der Waals surface area contributed by atoms with E-state index < -0.39 is 0 Å². The van der Waals surface area contributed by atoms with Gasteiger partial charge >= 0.3 is 0 Å². The summed E-state index contributed by atoms with van der Waals surface area (Å²) >= 11 is 13.6. The van der Waals surface area contributed by atoms with Gasteiger partial charge in [-0.05, 0) is 6.42 Å². The van der Waals surface area contributed by atoms with Crippen LogP contribution in [0.1, 0.15) is 18.9 Å². The second-order valence-electron chi connectivity index (χ2n) is 3.22. The highest BCUT2D eigenvalue weighted by Crippen LogP contribution is 2.27. The zero-order valence-corrected chi connectivity index (χ0v) is 10.9. The summed E-state index contributed by atoms with van der Waals surface area (Å²) < 4.78 is 0. The smallest absolute Gasteiger partial charge is 0.174 e. The Hall–Kier alpha value is -0.710. The van der Waals surface area contributed by atoms with Crippen molar-refractivity contribution in [1.82, 2.24) is 15.0 Å². The van der Waals surface area contributed by atoms with Crippen molar-refractivity contribution in [2.75, 3.05) is 0 Å². The zero-order chi connectivity index (χ0) is 11.5. The van der Waals surface area contributed by atoms with Crippen LogP contribution >= 0.6 is 34.5 Å². The van der Waals surface area contributed by atoms with Gasteiger partial charge < -0.3 is 0 Å². The predicted molar refractivity (Wildman–Crippen MR) is 67.2 cm³/mol. The molecule has 0 N–H and O–H groups in total. The quantitative estimate of drug-likeness (QED) is 0.798. The molecule has 0 bridgehead atoms. The molecule has 84 valence electrons. The van der Waals surface area contributed by atoms with Crippen molar-refractivity contribution < 1.29 is 0 Å². The largest absolute Gasteiger partial charge is 0.252 e. The SMILES string of the molecule is CCCc1c(Cl)nc(-c2cncs2)nc1Cl. The van der Waals surface area contributed by atoms with E-state index in [2.05, 4.69) is 21.9 Å². The Morgan fingerprint density at radius 3 is 2.44 bits per heavy atom. The lowest BCUT2D eigenvalue weighted by molar-refractivity contribution is 0.903. The van der Waals surface area contributed by atoms with Gasteiger partial charge in [-0.3, -0.25) is 4.98 Å². The van der Waals surface area contributed by atoms with E-state index >= 15 is 0 Å². The van der Waals surface area contributed by atoms with E-state index in [1.165, 1.54) is 11.3 Å². The monoisotopic (exact) mass is 273 g/mol. The first-order valence-corrected chi connectivity index (χ1v) is 6.46. The van der Waals surface area contributed by atoms with Crippen molar-refractivity contribution in [3.63, 3.8) is 0 Å². The van der Waals surface area contributed by atoms with Gasteiger partial charge in [0.05, 0.1) is 10.4 Å². The Morgan fingerprint density at radius 1 is 1.25 bits per heavy atom. The lowest BCUT2D eigenvalue weighted by atomic mass is 10.2. The lowest BCUT2D eigenvalue weighted by Gasteiger charge is -2.05. The number of aromatic nitrogens is 3. The Morgan fingerprint density at radius 2 is 1.94 bits per heavy atom. The summed E-state index contributed by atoms with van der Waals surface area (Å²) in [7, 11) is 0. The third kappa shape index (κ3) is 2.34. The van der Waals surface area contributed by atoms with Crippen molar-refractivity contribution in [2.45, 2.75) is 19.8 Å². The molecule has 0 aliphatic carbocycles. The molecular weight excluding hydrogens is 265 g/mol. The number of hydrogen-bond donors (Lipinski definition) is 0. The minimum absolute atomic E-state index is 0.435. The van der Waals surface area contributed by atoms with Crippen molar-refractivity contribution in [3.05, 3.63) is 27.6 Å². The third-order valence-corrected chi connectivity index (χ3v) is 3.45.